The molecule has 1 aliphatic carbocycles. The van der Waals surface area contributed by atoms with Crippen molar-refractivity contribution in [3.63, 3.8) is 0 Å². The highest BCUT2D eigenvalue weighted by atomic mass is 16.5. The highest BCUT2D eigenvalue weighted by Gasteiger charge is 2.25. The van der Waals surface area contributed by atoms with Crippen molar-refractivity contribution in [2.24, 2.45) is 0 Å². The number of carbonyl (C=O) groups excluding carboxylic acids is 1. The zero-order chi connectivity index (χ0) is 17.2. The van der Waals surface area contributed by atoms with Gasteiger partial charge in [0.05, 0.1) is 0 Å². The van der Waals surface area contributed by atoms with Gasteiger partial charge >= 0.3 is 0 Å². The van der Waals surface area contributed by atoms with Crippen LogP contribution >= 0.6 is 0 Å². The summed E-state index contributed by atoms with van der Waals surface area (Å²) < 4.78 is 5.95. The first-order valence-corrected chi connectivity index (χ1v) is 8.75. The van der Waals surface area contributed by atoms with E-state index in [1.54, 1.807) is 0 Å². The molecule has 1 heterocycles. The standard InChI is InChI=1S/C22H21NO2/c1-15-21-19(12-7-13-20(21)24)22(23-15)18-11-6-5-8-16(18)14-25-17-9-3-2-4-10-17/h2-6,8-11,23H,7,12-14H2,1H3. The average Bonchev–Trinajstić information content (AvgIpc) is 2.99. The number of para-hydroxylation sites is 1. The molecule has 2 aromatic carbocycles. The van der Waals surface area contributed by atoms with E-state index in [-0.39, 0.29) is 5.78 Å². The van der Waals surface area contributed by atoms with Gasteiger partial charge in [0.15, 0.2) is 5.78 Å². The Labute approximate surface area is 147 Å². The van der Waals surface area contributed by atoms with Gasteiger partial charge in [0.25, 0.3) is 0 Å². The number of aryl methyl sites for hydroxylation is 1. The normalized spacial score (nSPS) is 13.6. The van der Waals surface area contributed by atoms with Gasteiger partial charge in [0, 0.05) is 28.9 Å². The van der Waals surface area contributed by atoms with Crippen molar-refractivity contribution in [3.8, 4) is 17.0 Å². The van der Waals surface area contributed by atoms with Crippen LogP contribution in [0.15, 0.2) is 54.6 Å². The number of rotatable bonds is 4. The molecule has 3 nitrogen and oxygen atoms in total. The first kappa shape index (κ1) is 15.7. The second-order valence-electron chi connectivity index (χ2n) is 6.51. The van der Waals surface area contributed by atoms with Crippen LogP contribution in [0.1, 0.15) is 40.0 Å². The molecule has 3 aromatic rings. The lowest BCUT2D eigenvalue weighted by molar-refractivity contribution is 0.0972. The topological polar surface area (TPSA) is 42.1 Å². The lowest BCUT2D eigenvalue weighted by atomic mass is 9.89. The molecule has 1 aromatic heterocycles. The monoisotopic (exact) mass is 331 g/mol. The van der Waals surface area contributed by atoms with Gasteiger partial charge in [0.2, 0.25) is 0 Å². The summed E-state index contributed by atoms with van der Waals surface area (Å²) in [4.78, 5) is 15.8. The number of fused-ring (bicyclic) bond motifs is 1. The quantitative estimate of drug-likeness (QED) is 0.723. The Kier molecular flexibility index (Phi) is 4.14. The van der Waals surface area contributed by atoms with Crippen molar-refractivity contribution in [2.75, 3.05) is 0 Å². The van der Waals surface area contributed by atoms with Gasteiger partial charge < -0.3 is 9.72 Å². The van der Waals surface area contributed by atoms with Crippen molar-refractivity contribution in [2.45, 2.75) is 32.8 Å². The number of hydrogen-bond donors (Lipinski definition) is 1. The largest absolute Gasteiger partial charge is 0.489 e. The fraction of sp³-hybridized carbons (Fsp3) is 0.227. The van der Waals surface area contributed by atoms with Crippen LogP contribution in [0, 0.1) is 6.92 Å². The van der Waals surface area contributed by atoms with E-state index in [1.807, 2.05) is 49.4 Å². The van der Waals surface area contributed by atoms with Gasteiger partial charge in [-0.1, -0.05) is 42.5 Å². The molecule has 126 valence electrons. The maximum Gasteiger partial charge on any atom is 0.164 e. The predicted octanol–water partition coefficient (Wildman–Crippen LogP) is 5.09. The highest BCUT2D eigenvalue weighted by Crippen LogP contribution is 2.35. The van der Waals surface area contributed by atoms with E-state index in [0.717, 1.165) is 46.7 Å². The number of ether oxygens (including phenoxy) is 1. The number of aromatic amines is 1. The number of benzene rings is 2. The predicted molar refractivity (Wildman–Crippen MR) is 99.0 cm³/mol. The summed E-state index contributed by atoms with van der Waals surface area (Å²) in [6, 6.07) is 18.1. The van der Waals surface area contributed by atoms with Crippen LogP contribution in [0.25, 0.3) is 11.3 Å². The lowest BCUT2D eigenvalue weighted by Gasteiger charge is -2.15. The van der Waals surface area contributed by atoms with Crippen LogP contribution in [0.4, 0.5) is 0 Å². The summed E-state index contributed by atoms with van der Waals surface area (Å²) in [5, 5.41) is 0. The molecular weight excluding hydrogens is 310 g/mol. The molecule has 0 amide bonds. The molecule has 1 aliphatic rings. The van der Waals surface area contributed by atoms with Crippen molar-refractivity contribution in [1.29, 1.82) is 0 Å². The first-order chi connectivity index (χ1) is 12.2. The van der Waals surface area contributed by atoms with E-state index in [2.05, 4.69) is 17.1 Å². The van der Waals surface area contributed by atoms with Gasteiger partial charge in [-0.3, -0.25) is 4.79 Å². The second kappa shape index (κ2) is 6.60. The van der Waals surface area contributed by atoms with E-state index in [0.29, 0.717) is 13.0 Å². The summed E-state index contributed by atoms with van der Waals surface area (Å²) in [5.74, 6) is 1.12. The lowest BCUT2D eigenvalue weighted by Crippen LogP contribution is -2.10. The smallest absolute Gasteiger partial charge is 0.164 e. The van der Waals surface area contributed by atoms with E-state index in [1.165, 1.54) is 5.56 Å². The molecule has 4 rings (SSSR count). The number of nitrogens with one attached hydrogen (secondary N) is 1. The molecule has 0 spiro atoms. The fourth-order valence-electron chi connectivity index (χ4n) is 3.65. The van der Waals surface area contributed by atoms with Gasteiger partial charge in [-0.2, -0.15) is 0 Å². The van der Waals surface area contributed by atoms with Crippen molar-refractivity contribution < 1.29 is 9.53 Å². The zero-order valence-corrected chi connectivity index (χ0v) is 14.3. The number of hydrogen-bond acceptors (Lipinski definition) is 2. The Bertz CT molecular complexity index is 909. The highest BCUT2D eigenvalue weighted by molar-refractivity contribution is 6.01. The van der Waals surface area contributed by atoms with E-state index in [9.17, 15) is 4.79 Å². The Hall–Kier alpha value is -2.81. The summed E-state index contributed by atoms with van der Waals surface area (Å²) in [5.41, 5.74) is 6.37. The van der Waals surface area contributed by atoms with E-state index >= 15 is 0 Å². The molecule has 0 fully saturated rings. The molecule has 0 aliphatic heterocycles. The summed E-state index contributed by atoms with van der Waals surface area (Å²) in [6.45, 7) is 2.50. The van der Waals surface area contributed by atoms with Crippen molar-refractivity contribution in [1.82, 2.24) is 4.98 Å². The second-order valence-corrected chi connectivity index (χ2v) is 6.51. The fourth-order valence-corrected chi connectivity index (χ4v) is 3.65. The van der Waals surface area contributed by atoms with Crippen LogP contribution in [-0.2, 0) is 13.0 Å². The Morgan fingerprint density at radius 3 is 2.60 bits per heavy atom. The summed E-state index contributed by atoms with van der Waals surface area (Å²) >= 11 is 0. The third-order valence-electron chi connectivity index (χ3n) is 4.82. The Morgan fingerprint density at radius 1 is 1.00 bits per heavy atom. The minimum Gasteiger partial charge on any atom is -0.489 e. The van der Waals surface area contributed by atoms with Crippen LogP contribution in [-0.4, -0.2) is 10.8 Å². The van der Waals surface area contributed by atoms with Crippen LogP contribution < -0.4 is 4.74 Å². The van der Waals surface area contributed by atoms with Gasteiger partial charge in [-0.15, -0.1) is 0 Å². The van der Waals surface area contributed by atoms with Crippen LogP contribution in [0.3, 0.4) is 0 Å². The zero-order valence-electron chi connectivity index (χ0n) is 14.3. The molecule has 25 heavy (non-hydrogen) atoms. The molecule has 0 atom stereocenters. The molecule has 0 saturated carbocycles. The Balaban J connectivity index is 1.70. The number of H-pyrrole nitrogens is 1. The first-order valence-electron chi connectivity index (χ1n) is 8.75. The van der Waals surface area contributed by atoms with Crippen molar-refractivity contribution >= 4 is 5.78 Å². The third-order valence-corrected chi connectivity index (χ3v) is 4.82. The molecule has 0 radical (unpaired) electrons. The van der Waals surface area contributed by atoms with Gasteiger partial charge in [-0.05, 0) is 43.0 Å². The minimum absolute atomic E-state index is 0.263. The van der Waals surface area contributed by atoms with Crippen molar-refractivity contribution in [3.05, 3.63) is 77.0 Å². The maximum absolute atomic E-state index is 12.3. The molecule has 1 N–H and O–H groups in total. The molecule has 0 bridgehead atoms. The van der Waals surface area contributed by atoms with Gasteiger partial charge in [-0.25, -0.2) is 0 Å². The van der Waals surface area contributed by atoms with Gasteiger partial charge in [0.1, 0.15) is 12.4 Å². The average molecular weight is 331 g/mol. The molecule has 0 saturated heterocycles. The SMILES string of the molecule is Cc1[nH]c(-c2ccccc2COc2ccccc2)c2c1C(=O)CCC2. The minimum atomic E-state index is 0.263. The summed E-state index contributed by atoms with van der Waals surface area (Å²) in [6.07, 6.45) is 2.54. The van der Waals surface area contributed by atoms with Crippen LogP contribution in [0.5, 0.6) is 5.75 Å². The van der Waals surface area contributed by atoms with Crippen LogP contribution in [0.2, 0.25) is 0 Å². The molecular formula is C22H21NO2. The number of aromatic nitrogens is 1. The molecule has 3 heteroatoms. The number of carbonyl (C=O) groups is 1. The van der Waals surface area contributed by atoms with E-state index < -0.39 is 0 Å². The number of ketones is 1. The maximum atomic E-state index is 12.3. The molecule has 0 unspecified atom stereocenters. The number of Topliss-reactive ketones (excluding diaryl/α,β-unsaturated/α-hetero) is 1. The Morgan fingerprint density at radius 2 is 1.76 bits per heavy atom. The third kappa shape index (κ3) is 2.98. The van der Waals surface area contributed by atoms with E-state index in [4.69, 9.17) is 4.74 Å². The summed E-state index contributed by atoms with van der Waals surface area (Å²) in [7, 11) is 0.